The molecule has 1 atom stereocenters. The van der Waals surface area contributed by atoms with Crippen LogP contribution < -0.4 is 5.73 Å². The van der Waals surface area contributed by atoms with Gasteiger partial charge in [0.15, 0.2) is 0 Å². The van der Waals surface area contributed by atoms with E-state index in [2.05, 4.69) is 0 Å². The quantitative estimate of drug-likeness (QED) is 0.912. The van der Waals surface area contributed by atoms with Gasteiger partial charge in [0.2, 0.25) is 0 Å². The fourth-order valence-corrected chi connectivity index (χ4v) is 2.51. The number of rotatable bonds is 3. The molecule has 1 aromatic carbocycles. The lowest BCUT2D eigenvalue weighted by molar-refractivity contribution is 0.109. The molecule has 0 aliphatic carbocycles. The van der Waals surface area contributed by atoms with Gasteiger partial charge in [0.05, 0.1) is 0 Å². The van der Waals surface area contributed by atoms with E-state index in [1.54, 1.807) is 6.20 Å². The lowest BCUT2D eigenvalue weighted by Crippen LogP contribution is -2.37. The summed E-state index contributed by atoms with van der Waals surface area (Å²) in [6.45, 7) is 2.30. The zero-order chi connectivity index (χ0) is 13.0. The summed E-state index contributed by atoms with van der Waals surface area (Å²) in [4.78, 5) is 14.4. The number of hydrogen-bond acceptors (Lipinski definition) is 4. The largest absolute Gasteiger partial charge is 0.444 e. The maximum absolute atomic E-state index is 11.9. The number of nitrogens with zero attached hydrogens (tertiary/aromatic N) is 1. The van der Waals surface area contributed by atoms with Crippen molar-refractivity contribution in [2.24, 2.45) is 5.73 Å². The molecule has 18 heavy (non-hydrogen) atoms. The number of carbonyl (C=O) groups is 1. The highest BCUT2D eigenvalue weighted by atomic mass is 32.2. The van der Waals surface area contributed by atoms with E-state index in [4.69, 9.17) is 10.5 Å². The minimum atomic E-state index is -0.401. The monoisotopic (exact) mass is 264 g/mol. The van der Waals surface area contributed by atoms with Gasteiger partial charge in [-0.2, -0.15) is 0 Å². The predicted molar refractivity (Wildman–Crippen MR) is 72.4 cm³/mol. The first kappa shape index (κ1) is 13.0. The van der Waals surface area contributed by atoms with Crippen molar-refractivity contribution in [3.05, 3.63) is 47.0 Å². The third-order valence-corrected chi connectivity index (χ3v) is 3.76. The molecule has 1 amide bonds. The van der Waals surface area contributed by atoms with Gasteiger partial charge in [-0.1, -0.05) is 49.0 Å². The molecule has 0 saturated carbocycles. The normalized spacial score (nSPS) is 18.7. The maximum Gasteiger partial charge on any atom is 0.416 e. The summed E-state index contributed by atoms with van der Waals surface area (Å²) in [6, 6.07) is 9.58. The highest BCUT2D eigenvalue weighted by Crippen LogP contribution is 2.32. The summed E-state index contributed by atoms with van der Waals surface area (Å²) in [7, 11) is 0. The van der Waals surface area contributed by atoms with E-state index in [1.165, 1.54) is 16.7 Å². The summed E-state index contributed by atoms with van der Waals surface area (Å²) in [5.74, 6) is 0. The molecule has 1 unspecified atom stereocenters. The zero-order valence-corrected chi connectivity index (χ0v) is 11.0. The number of hydrogen-bond donors (Lipinski definition) is 1. The Hall–Kier alpha value is -1.46. The number of allylic oxidation sites excluding steroid dienone is 1. The first-order valence-electron chi connectivity index (χ1n) is 5.82. The van der Waals surface area contributed by atoms with Crippen LogP contribution in [0.4, 0.5) is 4.79 Å². The third kappa shape index (κ3) is 3.05. The lowest BCUT2D eigenvalue weighted by Gasteiger charge is -2.18. The molecule has 0 radical (unpaired) electrons. The number of ether oxygens (including phenoxy) is 1. The number of benzene rings is 1. The molecule has 1 aromatic rings. The average Bonchev–Trinajstić information content (AvgIpc) is 2.78. The highest BCUT2D eigenvalue weighted by molar-refractivity contribution is 8.03. The summed E-state index contributed by atoms with van der Waals surface area (Å²) >= 11 is 1.49. The second-order valence-corrected chi connectivity index (χ2v) is 5.15. The second-order valence-electron chi connectivity index (χ2n) is 3.90. The van der Waals surface area contributed by atoms with Crippen molar-refractivity contribution < 1.29 is 9.53 Å². The van der Waals surface area contributed by atoms with Crippen molar-refractivity contribution in [1.29, 1.82) is 0 Å². The zero-order valence-electron chi connectivity index (χ0n) is 10.2. The molecular weight excluding hydrogens is 248 g/mol. The van der Waals surface area contributed by atoms with Crippen LogP contribution in [0.2, 0.25) is 0 Å². The Morgan fingerprint density at radius 3 is 2.78 bits per heavy atom. The molecular formula is C13H16N2O2S. The summed E-state index contributed by atoms with van der Waals surface area (Å²) in [5.41, 5.74) is 6.44. The molecule has 0 spiro atoms. The van der Waals surface area contributed by atoms with Gasteiger partial charge in [-0.25, -0.2) is 4.79 Å². The van der Waals surface area contributed by atoms with Gasteiger partial charge in [-0.15, -0.1) is 0 Å². The molecule has 96 valence electrons. The van der Waals surface area contributed by atoms with Gasteiger partial charge < -0.3 is 10.5 Å². The van der Waals surface area contributed by atoms with Gasteiger partial charge in [0.1, 0.15) is 12.1 Å². The van der Waals surface area contributed by atoms with Crippen LogP contribution in [0.15, 0.2) is 41.4 Å². The third-order valence-electron chi connectivity index (χ3n) is 2.59. The molecule has 0 fully saturated rings. The minimum Gasteiger partial charge on any atom is -0.444 e. The standard InChI is InChI=1S/C13H16N2O2S/c1-2-11-8-15(12(14)18-11)13(16)17-9-10-6-4-3-5-7-10/h3-8,12H,2,9,14H2,1H3. The molecule has 0 bridgehead atoms. The SMILES string of the molecule is CCC1=CN(C(=O)OCc2ccccc2)C(N)S1. The Bertz CT molecular complexity index is 448. The number of nitrogens with two attached hydrogens (primary N) is 1. The smallest absolute Gasteiger partial charge is 0.416 e. The molecule has 1 aliphatic rings. The van der Waals surface area contributed by atoms with Crippen LogP contribution in [0, 0.1) is 0 Å². The lowest BCUT2D eigenvalue weighted by atomic mass is 10.2. The number of carbonyl (C=O) groups excluding carboxylic acids is 1. The van der Waals surface area contributed by atoms with Crippen molar-refractivity contribution >= 4 is 17.9 Å². The molecule has 0 saturated heterocycles. The Balaban J connectivity index is 1.91. The first-order chi connectivity index (χ1) is 8.70. The number of amides is 1. The van der Waals surface area contributed by atoms with Crippen LogP contribution in [0.25, 0.3) is 0 Å². The van der Waals surface area contributed by atoms with Crippen LogP contribution in [-0.4, -0.2) is 16.5 Å². The van der Waals surface area contributed by atoms with Gasteiger partial charge in [-0.05, 0) is 12.0 Å². The fourth-order valence-electron chi connectivity index (χ4n) is 1.60. The Morgan fingerprint density at radius 1 is 1.44 bits per heavy atom. The van der Waals surface area contributed by atoms with Gasteiger partial charge >= 0.3 is 6.09 Å². The van der Waals surface area contributed by atoms with Crippen LogP contribution in [0.1, 0.15) is 18.9 Å². The van der Waals surface area contributed by atoms with Crippen LogP contribution >= 0.6 is 11.8 Å². The second kappa shape index (κ2) is 5.93. The molecule has 5 heteroatoms. The van der Waals surface area contributed by atoms with Crippen molar-refractivity contribution in [1.82, 2.24) is 4.90 Å². The van der Waals surface area contributed by atoms with E-state index in [0.29, 0.717) is 0 Å². The van der Waals surface area contributed by atoms with Gasteiger partial charge in [0.25, 0.3) is 0 Å². The van der Waals surface area contributed by atoms with E-state index < -0.39 is 6.09 Å². The molecule has 0 aromatic heterocycles. The van der Waals surface area contributed by atoms with Gasteiger partial charge in [0, 0.05) is 11.1 Å². The fraction of sp³-hybridized carbons (Fsp3) is 0.308. The average molecular weight is 264 g/mol. The van der Waals surface area contributed by atoms with Crippen LogP contribution in [0.3, 0.4) is 0 Å². The first-order valence-corrected chi connectivity index (χ1v) is 6.70. The van der Waals surface area contributed by atoms with Crippen molar-refractivity contribution in [2.45, 2.75) is 25.4 Å². The van der Waals surface area contributed by atoms with Crippen LogP contribution in [-0.2, 0) is 11.3 Å². The van der Waals surface area contributed by atoms with Crippen molar-refractivity contribution in [3.63, 3.8) is 0 Å². The van der Waals surface area contributed by atoms with E-state index in [1.807, 2.05) is 37.3 Å². The molecule has 1 heterocycles. The molecule has 4 nitrogen and oxygen atoms in total. The summed E-state index contributed by atoms with van der Waals surface area (Å²) in [6.07, 6.45) is 2.24. The summed E-state index contributed by atoms with van der Waals surface area (Å²) < 4.78 is 5.22. The maximum atomic E-state index is 11.9. The van der Waals surface area contributed by atoms with Crippen molar-refractivity contribution in [2.75, 3.05) is 0 Å². The van der Waals surface area contributed by atoms with Crippen LogP contribution in [0.5, 0.6) is 0 Å². The van der Waals surface area contributed by atoms with E-state index in [9.17, 15) is 4.79 Å². The molecule has 2 rings (SSSR count). The van der Waals surface area contributed by atoms with E-state index in [0.717, 1.165) is 16.9 Å². The minimum absolute atomic E-state index is 0.267. The Labute approximate surface area is 111 Å². The van der Waals surface area contributed by atoms with E-state index in [-0.39, 0.29) is 12.1 Å². The molecule has 1 aliphatic heterocycles. The highest BCUT2D eigenvalue weighted by Gasteiger charge is 2.27. The Morgan fingerprint density at radius 2 is 2.17 bits per heavy atom. The topological polar surface area (TPSA) is 55.6 Å². The predicted octanol–water partition coefficient (Wildman–Crippen LogP) is 2.87. The number of thioether (sulfide) groups is 1. The molecule has 2 N–H and O–H groups in total. The summed E-state index contributed by atoms with van der Waals surface area (Å²) in [5, 5.41) is 0. The van der Waals surface area contributed by atoms with Crippen molar-refractivity contribution in [3.8, 4) is 0 Å². The van der Waals surface area contributed by atoms with Gasteiger partial charge in [-0.3, -0.25) is 4.90 Å². The van der Waals surface area contributed by atoms with E-state index >= 15 is 0 Å². The Kier molecular flexibility index (Phi) is 4.28.